The van der Waals surface area contributed by atoms with Gasteiger partial charge < -0.3 is 15.7 Å². The quantitative estimate of drug-likeness (QED) is 0.717. The maximum atomic E-state index is 11.6. The molecule has 0 saturated carbocycles. The molecule has 0 spiro atoms. The molecule has 0 aliphatic carbocycles. The highest BCUT2D eigenvalue weighted by Crippen LogP contribution is 2.00. The molecule has 0 saturated heterocycles. The van der Waals surface area contributed by atoms with Crippen LogP contribution in [0.4, 0.5) is 4.79 Å². The first kappa shape index (κ1) is 14.5. The van der Waals surface area contributed by atoms with Gasteiger partial charge in [-0.2, -0.15) is 0 Å². The summed E-state index contributed by atoms with van der Waals surface area (Å²) in [6.07, 6.45) is 0.818. The maximum absolute atomic E-state index is 11.6. The van der Waals surface area contributed by atoms with Gasteiger partial charge in [-0.05, 0) is 24.8 Å². The van der Waals surface area contributed by atoms with Gasteiger partial charge in [-0.1, -0.05) is 37.3 Å². The molecule has 0 radical (unpaired) electrons. The van der Waals surface area contributed by atoms with Gasteiger partial charge in [0.2, 0.25) is 0 Å². The van der Waals surface area contributed by atoms with E-state index in [0.717, 1.165) is 6.42 Å². The van der Waals surface area contributed by atoms with Crippen molar-refractivity contribution in [2.45, 2.75) is 26.3 Å². The fraction of sp³-hybridized carbons (Fsp3) is 0.500. The second-order valence-electron chi connectivity index (χ2n) is 4.58. The maximum Gasteiger partial charge on any atom is 0.315 e. The zero-order valence-corrected chi connectivity index (χ0v) is 11.0. The fourth-order valence-electron chi connectivity index (χ4n) is 1.52. The molecule has 1 rings (SSSR count). The molecule has 2 amide bonds. The molecule has 4 nitrogen and oxygen atoms in total. The highest BCUT2D eigenvalue weighted by atomic mass is 16.3. The Hall–Kier alpha value is -1.55. The minimum atomic E-state index is -0.182. The summed E-state index contributed by atoms with van der Waals surface area (Å²) in [5, 5.41) is 14.6. The van der Waals surface area contributed by atoms with E-state index in [4.69, 9.17) is 5.11 Å². The molecule has 0 aromatic heterocycles. The zero-order chi connectivity index (χ0) is 13.4. The molecule has 0 aliphatic heterocycles. The van der Waals surface area contributed by atoms with Gasteiger partial charge in [0, 0.05) is 19.2 Å². The average molecular weight is 250 g/mol. The summed E-state index contributed by atoms with van der Waals surface area (Å²) < 4.78 is 0. The number of urea groups is 1. The highest BCUT2D eigenvalue weighted by molar-refractivity contribution is 5.74. The summed E-state index contributed by atoms with van der Waals surface area (Å²) in [5.41, 5.74) is 1.20. The molecule has 1 aromatic rings. The number of nitrogens with one attached hydrogen (secondary N) is 2. The second-order valence-corrected chi connectivity index (χ2v) is 4.58. The molecule has 2 atom stereocenters. The number of carbonyl (C=O) groups excluding carboxylic acids is 1. The third kappa shape index (κ3) is 5.19. The summed E-state index contributed by atoms with van der Waals surface area (Å²) in [6, 6.07) is 9.81. The zero-order valence-electron chi connectivity index (χ0n) is 11.0. The molecule has 18 heavy (non-hydrogen) atoms. The lowest BCUT2D eigenvalue weighted by molar-refractivity contribution is 0.200. The SMILES string of the molecule is CC(CO)C(C)NC(=O)NCCc1ccccc1. The first-order chi connectivity index (χ1) is 8.63. The van der Waals surface area contributed by atoms with Crippen LogP contribution < -0.4 is 10.6 Å². The molecule has 2 unspecified atom stereocenters. The smallest absolute Gasteiger partial charge is 0.315 e. The summed E-state index contributed by atoms with van der Waals surface area (Å²) in [5.74, 6) is 0.0601. The number of hydrogen-bond acceptors (Lipinski definition) is 2. The van der Waals surface area contributed by atoms with E-state index in [2.05, 4.69) is 10.6 Å². The van der Waals surface area contributed by atoms with E-state index in [1.807, 2.05) is 44.2 Å². The summed E-state index contributed by atoms with van der Waals surface area (Å²) in [4.78, 5) is 11.6. The molecule has 3 N–H and O–H groups in total. The van der Waals surface area contributed by atoms with Crippen LogP contribution in [0.2, 0.25) is 0 Å². The Bertz CT molecular complexity index is 354. The third-order valence-corrected chi connectivity index (χ3v) is 3.04. The van der Waals surface area contributed by atoms with E-state index in [9.17, 15) is 4.79 Å². The van der Waals surface area contributed by atoms with E-state index in [1.165, 1.54) is 5.56 Å². The van der Waals surface area contributed by atoms with Crippen molar-refractivity contribution in [3.63, 3.8) is 0 Å². The fourth-order valence-corrected chi connectivity index (χ4v) is 1.52. The lowest BCUT2D eigenvalue weighted by atomic mass is 10.1. The Morgan fingerprint density at radius 1 is 1.28 bits per heavy atom. The number of aliphatic hydroxyl groups excluding tert-OH is 1. The largest absolute Gasteiger partial charge is 0.396 e. The van der Waals surface area contributed by atoms with Crippen LogP contribution in [0.25, 0.3) is 0 Å². The third-order valence-electron chi connectivity index (χ3n) is 3.04. The predicted octanol–water partition coefficient (Wildman–Crippen LogP) is 1.55. The van der Waals surface area contributed by atoms with Gasteiger partial charge in [0.05, 0.1) is 0 Å². The molecular formula is C14H22N2O2. The lowest BCUT2D eigenvalue weighted by Gasteiger charge is -2.19. The van der Waals surface area contributed by atoms with Gasteiger partial charge >= 0.3 is 6.03 Å². The molecule has 1 aromatic carbocycles. The van der Waals surface area contributed by atoms with Crippen molar-refractivity contribution in [2.24, 2.45) is 5.92 Å². The first-order valence-corrected chi connectivity index (χ1v) is 6.32. The van der Waals surface area contributed by atoms with Crippen LogP contribution in [0.1, 0.15) is 19.4 Å². The van der Waals surface area contributed by atoms with Crippen LogP contribution in [-0.2, 0) is 6.42 Å². The monoisotopic (exact) mass is 250 g/mol. The average Bonchev–Trinajstić information content (AvgIpc) is 2.38. The molecule has 100 valence electrons. The van der Waals surface area contributed by atoms with Crippen LogP contribution in [-0.4, -0.2) is 30.3 Å². The van der Waals surface area contributed by atoms with Crippen molar-refractivity contribution in [3.8, 4) is 0 Å². The van der Waals surface area contributed by atoms with Crippen LogP contribution in [0.15, 0.2) is 30.3 Å². The molecule has 4 heteroatoms. The van der Waals surface area contributed by atoms with Crippen molar-refractivity contribution in [1.82, 2.24) is 10.6 Å². The Labute approximate surface area is 108 Å². The van der Waals surface area contributed by atoms with E-state index in [1.54, 1.807) is 0 Å². The van der Waals surface area contributed by atoms with Gasteiger partial charge in [-0.3, -0.25) is 0 Å². The molecule has 0 aliphatic rings. The normalized spacial score (nSPS) is 13.7. The van der Waals surface area contributed by atoms with Gasteiger partial charge in [-0.15, -0.1) is 0 Å². The molecule has 0 fully saturated rings. The summed E-state index contributed by atoms with van der Waals surface area (Å²) in [6.45, 7) is 4.47. The van der Waals surface area contributed by atoms with Crippen molar-refractivity contribution in [1.29, 1.82) is 0 Å². The number of carbonyl (C=O) groups is 1. The van der Waals surface area contributed by atoms with Gasteiger partial charge in [0.25, 0.3) is 0 Å². The van der Waals surface area contributed by atoms with Crippen LogP contribution in [0, 0.1) is 5.92 Å². The van der Waals surface area contributed by atoms with Crippen molar-refractivity contribution in [3.05, 3.63) is 35.9 Å². The first-order valence-electron chi connectivity index (χ1n) is 6.32. The van der Waals surface area contributed by atoms with E-state index >= 15 is 0 Å². The van der Waals surface area contributed by atoms with E-state index in [-0.39, 0.29) is 24.6 Å². The number of amides is 2. The lowest BCUT2D eigenvalue weighted by Crippen LogP contribution is -2.44. The molecule has 0 heterocycles. The number of rotatable bonds is 6. The van der Waals surface area contributed by atoms with Gasteiger partial charge in [-0.25, -0.2) is 4.79 Å². The minimum Gasteiger partial charge on any atom is -0.396 e. The second kappa shape index (κ2) is 7.71. The Morgan fingerprint density at radius 3 is 2.56 bits per heavy atom. The number of benzene rings is 1. The molecular weight excluding hydrogens is 228 g/mol. The van der Waals surface area contributed by atoms with Crippen LogP contribution in [0.5, 0.6) is 0 Å². The van der Waals surface area contributed by atoms with Crippen LogP contribution in [0.3, 0.4) is 0 Å². The van der Waals surface area contributed by atoms with Crippen molar-refractivity contribution in [2.75, 3.05) is 13.2 Å². The number of hydrogen-bond donors (Lipinski definition) is 3. The Kier molecular flexibility index (Phi) is 6.22. The van der Waals surface area contributed by atoms with E-state index in [0.29, 0.717) is 6.54 Å². The van der Waals surface area contributed by atoms with E-state index < -0.39 is 0 Å². The Balaban J connectivity index is 2.21. The van der Waals surface area contributed by atoms with Crippen molar-refractivity contribution < 1.29 is 9.90 Å². The van der Waals surface area contributed by atoms with Gasteiger partial charge in [0.1, 0.15) is 0 Å². The topological polar surface area (TPSA) is 61.4 Å². The van der Waals surface area contributed by atoms with Gasteiger partial charge in [0.15, 0.2) is 0 Å². The Morgan fingerprint density at radius 2 is 1.94 bits per heavy atom. The van der Waals surface area contributed by atoms with Crippen molar-refractivity contribution >= 4 is 6.03 Å². The predicted molar refractivity (Wildman–Crippen MR) is 72.4 cm³/mol. The summed E-state index contributed by atoms with van der Waals surface area (Å²) in [7, 11) is 0. The van der Waals surface area contributed by atoms with Crippen LogP contribution >= 0.6 is 0 Å². The highest BCUT2D eigenvalue weighted by Gasteiger charge is 2.13. The standard InChI is InChI=1S/C14H22N2O2/c1-11(10-17)12(2)16-14(18)15-9-8-13-6-4-3-5-7-13/h3-7,11-12,17H,8-10H2,1-2H3,(H2,15,16,18). The number of aliphatic hydroxyl groups is 1. The summed E-state index contributed by atoms with van der Waals surface area (Å²) >= 11 is 0. The molecule has 0 bridgehead atoms. The minimum absolute atomic E-state index is 0.0354.